The lowest BCUT2D eigenvalue weighted by Gasteiger charge is -2.26. The quantitative estimate of drug-likeness (QED) is 0.843. The fourth-order valence-corrected chi connectivity index (χ4v) is 2.03. The van der Waals surface area contributed by atoms with E-state index in [1.54, 1.807) is 16.7 Å². The number of aromatic nitrogens is 3. The number of fused-ring (bicyclic) bond motifs is 1. The van der Waals surface area contributed by atoms with Gasteiger partial charge in [0.1, 0.15) is 0 Å². The minimum atomic E-state index is -0.941. The van der Waals surface area contributed by atoms with Gasteiger partial charge < -0.3 is 10.4 Å². The van der Waals surface area contributed by atoms with E-state index in [-0.39, 0.29) is 5.56 Å². The second-order valence-electron chi connectivity index (χ2n) is 4.58. The zero-order valence-electron chi connectivity index (χ0n) is 9.83. The van der Waals surface area contributed by atoms with E-state index in [1.807, 2.05) is 0 Å². The molecule has 0 spiro atoms. The molecule has 0 radical (unpaired) electrons. The van der Waals surface area contributed by atoms with Crippen molar-refractivity contribution in [2.75, 3.05) is 0 Å². The number of carbonyl (C=O) groups is 1. The zero-order chi connectivity index (χ0) is 12.5. The van der Waals surface area contributed by atoms with Crippen molar-refractivity contribution >= 4 is 11.6 Å². The predicted molar refractivity (Wildman–Crippen MR) is 64.4 cm³/mol. The van der Waals surface area contributed by atoms with Gasteiger partial charge in [0.05, 0.1) is 12.1 Å². The van der Waals surface area contributed by atoms with Crippen molar-refractivity contribution < 1.29 is 9.90 Å². The highest BCUT2D eigenvalue weighted by Gasteiger charge is 2.17. The van der Waals surface area contributed by atoms with Gasteiger partial charge in [0.25, 0.3) is 0 Å². The summed E-state index contributed by atoms with van der Waals surface area (Å²) in [6, 6.07) is 3.78. The first-order valence-corrected chi connectivity index (χ1v) is 6.04. The number of hydrogen-bond donors (Lipinski definition) is 2. The lowest BCUT2D eigenvalue weighted by molar-refractivity contribution is 0.0696. The van der Waals surface area contributed by atoms with Crippen LogP contribution in [-0.4, -0.2) is 31.7 Å². The maximum Gasteiger partial charge on any atom is 0.337 e. The van der Waals surface area contributed by atoms with Crippen LogP contribution >= 0.6 is 0 Å². The molecule has 1 aliphatic carbocycles. The maximum atomic E-state index is 10.9. The largest absolute Gasteiger partial charge is 0.478 e. The first-order chi connectivity index (χ1) is 8.74. The van der Waals surface area contributed by atoms with Crippen LogP contribution in [0.5, 0.6) is 0 Å². The first-order valence-electron chi connectivity index (χ1n) is 6.04. The molecule has 0 unspecified atom stereocenters. The third kappa shape index (κ3) is 1.95. The van der Waals surface area contributed by atoms with Gasteiger partial charge in [-0.1, -0.05) is 6.42 Å². The Bertz CT molecular complexity index is 589. The third-order valence-corrected chi connectivity index (χ3v) is 3.37. The van der Waals surface area contributed by atoms with E-state index in [2.05, 4.69) is 15.5 Å². The average Bonchev–Trinajstić information content (AvgIpc) is 2.69. The van der Waals surface area contributed by atoms with Crippen LogP contribution in [0.4, 0.5) is 0 Å². The molecule has 2 heterocycles. The van der Waals surface area contributed by atoms with Gasteiger partial charge in [-0.3, -0.25) is 4.40 Å². The smallest absolute Gasteiger partial charge is 0.337 e. The molecule has 1 fully saturated rings. The van der Waals surface area contributed by atoms with Gasteiger partial charge in [0.2, 0.25) is 0 Å². The molecule has 18 heavy (non-hydrogen) atoms. The molecule has 2 aromatic heterocycles. The van der Waals surface area contributed by atoms with Crippen molar-refractivity contribution in [2.45, 2.75) is 31.8 Å². The summed E-state index contributed by atoms with van der Waals surface area (Å²) in [5.74, 6) is -0.191. The van der Waals surface area contributed by atoms with Gasteiger partial charge in [0.15, 0.2) is 11.5 Å². The van der Waals surface area contributed by atoms with E-state index in [4.69, 9.17) is 5.11 Å². The molecule has 0 aliphatic heterocycles. The molecule has 2 aromatic rings. The summed E-state index contributed by atoms with van der Waals surface area (Å²) in [7, 11) is 0. The molecule has 1 saturated carbocycles. The predicted octanol–water partition coefficient (Wildman–Crippen LogP) is 1.07. The molecule has 0 amide bonds. The number of aromatic carboxylic acids is 1. The number of hydrogen-bond acceptors (Lipinski definition) is 4. The second-order valence-corrected chi connectivity index (χ2v) is 4.58. The number of nitrogens with one attached hydrogen (secondary N) is 1. The Kier molecular flexibility index (Phi) is 2.71. The average molecular weight is 246 g/mol. The van der Waals surface area contributed by atoms with Crippen molar-refractivity contribution in [3.63, 3.8) is 0 Å². The van der Waals surface area contributed by atoms with Gasteiger partial charge in [-0.05, 0) is 25.0 Å². The van der Waals surface area contributed by atoms with Crippen molar-refractivity contribution in [2.24, 2.45) is 0 Å². The van der Waals surface area contributed by atoms with E-state index in [1.165, 1.54) is 25.3 Å². The summed E-state index contributed by atoms with van der Waals surface area (Å²) < 4.78 is 1.73. The van der Waals surface area contributed by atoms with E-state index >= 15 is 0 Å². The standard InChI is InChI=1S/C12H14N4O2/c17-12(18)8-4-5-10-14-15-11(16(10)7-8)6-13-9-2-1-3-9/h4-5,7,9,13H,1-3,6H2,(H,17,18). The van der Waals surface area contributed by atoms with Crippen LogP contribution in [0, 0.1) is 0 Å². The van der Waals surface area contributed by atoms with Crippen LogP contribution < -0.4 is 5.32 Å². The Hall–Kier alpha value is -1.95. The third-order valence-electron chi connectivity index (χ3n) is 3.37. The summed E-state index contributed by atoms with van der Waals surface area (Å²) in [5.41, 5.74) is 0.914. The van der Waals surface area contributed by atoms with Gasteiger partial charge >= 0.3 is 5.97 Å². The molecule has 2 N–H and O–H groups in total. The van der Waals surface area contributed by atoms with Gasteiger partial charge in [0, 0.05) is 12.2 Å². The summed E-state index contributed by atoms with van der Waals surface area (Å²) in [6.45, 7) is 0.620. The topological polar surface area (TPSA) is 79.5 Å². The Morgan fingerprint density at radius 1 is 1.44 bits per heavy atom. The fourth-order valence-electron chi connectivity index (χ4n) is 2.03. The number of carboxylic acids is 1. The molecule has 0 atom stereocenters. The lowest BCUT2D eigenvalue weighted by atomic mass is 9.93. The number of rotatable bonds is 4. The molecule has 0 aromatic carbocycles. The lowest BCUT2D eigenvalue weighted by Crippen LogP contribution is -2.35. The van der Waals surface area contributed by atoms with E-state index in [0.717, 1.165) is 5.82 Å². The fraction of sp³-hybridized carbons (Fsp3) is 0.417. The number of nitrogens with zero attached hydrogens (tertiary/aromatic N) is 3. The normalized spacial score (nSPS) is 15.8. The van der Waals surface area contributed by atoms with Crippen LogP contribution in [0.3, 0.4) is 0 Å². The van der Waals surface area contributed by atoms with Crippen LogP contribution in [0.1, 0.15) is 35.4 Å². The minimum absolute atomic E-state index is 0.243. The highest BCUT2D eigenvalue weighted by atomic mass is 16.4. The van der Waals surface area contributed by atoms with Crippen LogP contribution in [0.2, 0.25) is 0 Å². The molecular formula is C12H14N4O2. The first kappa shape index (κ1) is 11.2. The molecule has 6 heteroatoms. The molecular weight excluding hydrogens is 232 g/mol. The van der Waals surface area contributed by atoms with Crippen molar-refractivity contribution in [3.05, 3.63) is 29.7 Å². The number of carboxylic acid groups (broad SMARTS) is 1. The highest BCUT2D eigenvalue weighted by molar-refractivity contribution is 5.87. The summed E-state index contributed by atoms with van der Waals surface area (Å²) in [5, 5.41) is 20.5. The Morgan fingerprint density at radius 2 is 2.28 bits per heavy atom. The van der Waals surface area contributed by atoms with E-state index in [0.29, 0.717) is 18.2 Å². The summed E-state index contributed by atoms with van der Waals surface area (Å²) in [4.78, 5) is 10.9. The Labute approximate surface area is 104 Å². The van der Waals surface area contributed by atoms with Crippen LogP contribution in [0.25, 0.3) is 5.65 Å². The Balaban J connectivity index is 1.86. The zero-order valence-corrected chi connectivity index (χ0v) is 9.83. The highest BCUT2D eigenvalue weighted by Crippen LogP contribution is 2.18. The summed E-state index contributed by atoms with van der Waals surface area (Å²) >= 11 is 0. The van der Waals surface area contributed by atoms with Gasteiger partial charge in [-0.2, -0.15) is 0 Å². The second kappa shape index (κ2) is 4.38. The molecule has 0 bridgehead atoms. The monoisotopic (exact) mass is 246 g/mol. The van der Waals surface area contributed by atoms with Crippen LogP contribution in [-0.2, 0) is 6.54 Å². The molecule has 94 valence electrons. The minimum Gasteiger partial charge on any atom is -0.478 e. The van der Waals surface area contributed by atoms with E-state index < -0.39 is 5.97 Å². The van der Waals surface area contributed by atoms with Crippen molar-refractivity contribution in [1.29, 1.82) is 0 Å². The maximum absolute atomic E-state index is 10.9. The molecule has 1 aliphatic rings. The summed E-state index contributed by atoms with van der Waals surface area (Å²) in [6.07, 6.45) is 5.26. The van der Waals surface area contributed by atoms with Crippen LogP contribution in [0.15, 0.2) is 18.3 Å². The number of pyridine rings is 1. The molecule has 6 nitrogen and oxygen atoms in total. The van der Waals surface area contributed by atoms with Gasteiger partial charge in [-0.25, -0.2) is 4.79 Å². The van der Waals surface area contributed by atoms with Crippen molar-refractivity contribution in [1.82, 2.24) is 19.9 Å². The molecule has 0 saturated heterocycles. The van der Waals surface area contributed by atoms with Gasteiger partial charge in [-0.15, -0.1) is 10.2 Å². The molecule has 3 rings (SSSR count). The van der Waals surface area contributed by atoms with E-state index in [9.17, 15) is 4.79 Å². The SMILES string of the molecule is O=C(O)c1ccc2nnc(CNC3CCC3)n2c1. The Morgan fingerprint density at radius 3 is 2.94 bits per heavy atom. The van der Waals surface area contributed by atoms with Crippen molar-refractivity contribution in [3.8, 4) is 0 Å².